The molecule has 0 radical (unpaired) electrons. The van der Waals surface area contributed by atoms with Crippen LogP contribution in [0.1, 0.15) is 54.8 Å². The Balaban J connectivity index is 1.46. The Bertz CT molecular complexity index is 908. The van der Waals surface area contributed by atoms with Crippen molar-refractivity contribution in [1.82, 2.24) is 10.3 Å². The number of nitrogens with two attached hydrogens (primary N) is 1. The molecule has 0 saturated heterocycles. The first-order chi connectivity index (χ1) is 14.0. The lowest BCUT2D eigenvalue weighted by molar-refractivity contribution is -0.120. The molecule has 3 N–H and O–H groups in total. The van der Waals surface area contributed by atoms with Gasteiger partial charge in [0.1, 0.15) is 11.9 Å². The molecule has 2 fully saturated rings. The molecule has 6 nitrogen and oxygen atoms in total. The minimum atomic E-state index is -0.742. The molecular formula is C22H24FN3O3. The van der Waals surface area contributed by atoms with Crippen molar-refractivity contribution < 1.29 is 18.7 Å². The van der Waals surface area contributed by atoms with Gasteiger partial charge in [-0.05, 0) is 54.4 Å². The van der Waals surface area contributed by atoms with Crippen LogP contribution >= 0.6 is 0 Å². The van der Waals surface area contributed by atoms with Gasteiger partial charge in [0.25, 0.3) is 0 Å². The third kappa shape index (κ3) is 5.31. The van der Waals surface area contributed by atoms with Gasteiger partial charge in [0.05, 0.1) is 5.69 Å². The fraction of sp³-hybridized carbons (Fsp3) is 0.409. The van der Waals surface area contributed by atoms with Gasteiger partial charge in [0.15, 0.2) is 0 Å². The Hall–Kier alpha value is -2.96. The summed E-state index contributed by atoms with van der Waals surface area (Å²) in [7, 11) is 0. The van der Waals surface area contributed by atoms with E-state index < -0.39 is 18.0 Å². The molecule has 0 unspecified atom stereocenters. The van der Waals surface area contributed by atoms with Crippen molar-refractivity contribution in [1.29, 1.82) is 0 Å². The summed E-state index contributed by atoms with van der Waals surface area (Å²) in [5.74, 6) is 0.222. The Morgan fingerprint density at radius 2 is 1.86 bits per heavy atom. The smallest absolute Gasteiger partial charge is 0.391 e. The van der Waals surface area contributed by atoms with Gasteiger partial charge in [0, 0.05) is 12.5 Å². The molecule has 7 heteroatoms. The molecule has 4 rings (SSSR count). The number of rotatable bonds is 8. The van der Waals surface area contributed by atoms with E-state index in [0.717, 1.165) is 42.5 Å². The van der Waals surface area contributed by atoms with Crippen LogP contribution in [-0.2, 0) is 11.2 Å². The van der Waals surface area contributed by atoms with Gasteiger partial charge in [0.2, 0.25) is 11.8 Å². The molecule has 2 aromatic rings. The highest BCUT2D eigenvalue weighted by atomic mass is 19.1. The number of carbonyl (C=O) groups is 2. The summed E-state index contributed by atoms with van der Waals surface area (Å²) in [6.07, 6.45) is 4.65. The maximum atomic E-state index is 13.2. The lowest BCUT2D eigenvalue weighted by Gasteiger charge is -2.15. The van der Waals surface area contributed by atoms with Crippen LogP contribution in [0.3, 0.4) is 0 Å². The quantitative estimate of drug-likeness (QED) is 0.713. The highest BCUT2D eigenvalue weighted by Crippen LogP contribution is 2.42. The number of carbonyl (C=O) groups excluding carboxylic acids is 2. The van der Waals surface area contributed by atoms with E-state index in [9.17, 15) is 14.0 Å². The van der Waals surface area contributed by atoms with Crippen molar-refractivity contribution in [3.63, 3.8) is 0 Å². The molecule has 1 aromatic heterocycles. The molecule has 2 saturated carbocycles. The van der Waals surface area contributed by atoms with E-state index in [4.69, 9.17) is 10.5 Å². The van der Waals surface area contributed by atoms with Crippen molar-refractivity contribution >= 4 is 12.0 Å². The summed E-state index contributed by atoms with van der Waals surface area (Å²) in [6, 6.07) is 9.16. The number of amides is 2. The number of benzene rings is 1. The Morgan fingerprint density at radius 1 is 1.14 bits per heavy atom. The molecule has 1 atom stereocenters. The number of aromatic nitrogens is 1. The molecule has 1 aromatic carbocycles. The maximum absolute atomic E-state index is 13.2. The van der Waals surface area contributed by atoms with Crippen molar-refractivity contribution in [3.8, 4) is 5.88 Å². The third-order valence-electron chi connectivity index (χ3n) is 5.38. The average Bonchev–Trinajstić information content (AvgIpc) is 3.58. The predicted octanol–water partition coefficient (Wildman–Crippen LogP) is 3.43. The summed E-state index contributed by atoms with van der Waals surface area (Å²) in [5.41, 5.74) is 8.26. The van der Waals surface area contributed by atoms with Crippen LogP contribution in [0.5, 0.6) is 5.88 Å². The zero-order valence-electron chi connectivity index (χ0n) is 16.1. The van der Waals surface area contributed by atoms with Crippen LogP contribution < -0.4 is 15.8 Å². The normalized spacial score (nSPS) is 16.9. The van der Waals surface area contributed by atoms with Gasteiger partial charge in [-0.1, -0.05) is 31.0 Å². The van der Waals surface area contributed by atoms with Crippen molar-refractivity contribution in [2.24, 2.45) is 11.7 Å². The van der Waals surface area contributed by atoms with Gasteiger partial charge in [-0.15, -0.1) is 0 Å². The Morgan fingerprint density at radius 3 is 2.48 bits per heavy atom. The van der Waals surface area contributed by atoms with Crippen molar-refractivity contribution in [2.75, 3.05) is 0 Å². The standard InChI is InChI=1S/C22H24FN3O3/c23-16-7-3-14(4-8-16)11-18-17(15-5-6-15)9-10-20(25-18)29-22(28)26-19(21(24)27)12-13-1-2-13/h3-4,7-10,13,15,19H,1-2,5-6,11-12H2,(H2,24,27)(H,26,28)/t19-/m0/s1. The van der Waals surface area contributed by atoms with Crippen LogP contribution in [0.4, 0.5) is 9.18 Å². The van der Waals surface area contributed by atoms with E-state index in [1.807, 2.05) is 6.07 Å². The van der Waals surface area contributed by atoms with Crippen LogP contribution in [0.25, 0.3) is 0 Å². The zero-order chi connectivity index (χ0) is 20.4. The molecule has 2 amide bonds. The van der Waals surface area contributed by atoms with E-state index in [0.29, 0.717) is 24.7 Å². The van der Waals surface area contributed by atoms with E-state index in [-0.39, 0.29) is 11.7 Å². The van der Waals surface area contributed by atoms with Gasteiger partial charge in [-0.2, -0.15) is 0 Å². The zero-order valence-corrected chi connectivity index (χ0v) is 16.1. The number of ether oxygens (including phenoxy) is 1. The minimum Gasteiger partial charge on any atom is -0.391 e. The number of halogens is 1. The second-order valence-electron chi connectivity index (χ2n) is 7.93. The first-order valence-corrected chi connectivity index (χ1v) is 10.00. The molecule has 29 heavy (non-hydrogen) atoms. The van der Waals surface area contributed by atoms with E-state index in [1.54, 1.807) is 18.2 Å². The maximum Gasteiger partial charge on any atom is 0.414 e. The SMILES string of the molecule is NC(=O)[C@H](CC1CC1)NC(=O)Oc1ccc(C2CC2)c(Cc2ccc(F)cc2)n1. The summed E-state index contributed by atoms with van der Waals surface area (Å²) in [4.78, 5) is 28.3. The monoisotopic (exact) mass is 397 g/mol. The van der Waals surface area contributed by atoms with Gasteiger partial charge >= 0.3 is 6.09 Å². The second kappa shape index (κ2) is 8.19. The highest BCUT2D eigenvalue weighted by molar-refractivity contribution is 5.84. The van der Waals surface area contributed by atoms with E-state index in [2.05, 4.69) is 10.3 Å². The first-order valence-electron chi connectivity index (χ1n) is 10.00. The predicted molar refractivity (Wildman–Crippen MR) is 105 cm³/mol. The molecule has 0 aliphatic heterocycles. The van der Waals surface area contributed by atoms with Crippen molar-refractivity contribution in [3.05, 3.63) is 59.0 Å². The number of nitrogens with one attached hydrogen (secondary N) is 1. The van der Waals surface area contributed by atoms with Crippen molar-refractivity contribution in [2.45, 2.75) is 50.5 Å². The number of nitrogens with zero attached hydrogens (tertiary/aromatic N) is 1. The number of primary amides is 1. The molecule has 1 heterocycles. The summed E-state index contributed by atoms with van der Waals surface area (Å²) in [5, 5.41) is 2.54. The summed E-state index contributed by atoms with van der Waals surface area (Å²) < 4.78 is 18.5. The second-order valence-corrected chi connectivity index (χ2v) is 7.93. The minimum absolute atomic E-state index is 0.165. The van der Waals surface area contributed by atoms with Crippen LogP contribution in [0.15, 0.2) is 36.4 Å². The van der Waals surface area contributed by atoms with Gasteiger partial charge in [-0.25, -0.2) is 14.2 Å². The molecule has 152 valence electrons. The molecular weight excluding hydrogens is 373 g/mol. The molecule has 2 aliphatic carbocycles. The third-order valence-corrected chi connectivity index (χ3v) is 5.38. The van der Waals surface area contributed by atoms with Gasteiger partial charge in [-0.3, -0.25) is 4.79 Å². The highest BCUT2D eigenvalue weighted by Gasteiger charge is 2.30. The summed E-state index contributed by atoms with van der Waals surface area (Å²) in [6.45, 7) is 0. The lowest BCUT2D eigenvalue weighted by Crippen LogP contribution is -2.45. The largest absolute Gasteiger partial charge is 0.414 e. The number of hydrogen-bond donors (Lipinski definition) is 2. The Kier molecular flexibility index (Phi) is 5.47. The summed E-state index contributed by atoms with van der Waals surface area (Å²) >= 11 is 0. The fourth-order valence-electron chi connectivity index (χ4n) is 3.45. The average molecular weight is 397 g/mol. The van der Waals surface area contributed by atoms with Crippen LogP contribution in [-0.4, -0.2) is 23.0 Å². The topological polar surface area (TPSA) is 94.3 Å². The first kappa shape index (κ1) is 19.4. The lowest BCUT2D eigenvalue weighted by atomic mass is 10.0. The van der Waals surface area contributed by atoms with Crippen LogP contribution in [0, 0.1) is 11.7 Å². The van der Waals surface area contributed by atoms with Crippen LogP contribution in [0.2, 0.25) is 0 Å². The molecule has 2 aliphatic rings. The van der Waals surface area contributed by atoms with E-state index in [1.165, 1.54) is 12.1 Å². The molecule has 0 spiro atoms. The van der Waals surface area contributed by atoms with E-state index >= 15 is 0 Å². The Labute approximate surface area is 168 Å². The van der Waals surface area contributed by atoms with Gasteiger partial charge < -0.3 is 15.8 Å². The molecule has 0 bridgehead atoms. The number of pyridine rings is 1. The number of hydrogen-bond acceptors (Lipinski definition) is 4. The fourth-order valence-corrected chi connectivity index (χ4v) is 3.45.